The summed E-state index contributed by atoms with van der Waals surface area (Å²) in [6.45, 7) is 4.98. The Kier molecular flexibility index (Phi) is 4.87. The Balaban J connectivity index is 1.84. The average Bonchev–Trinajstić information content (AvgIpc) is 2.84. The molecule has 1 aliphatic heterocycles. The minimum absolute atomic E-state index is 0.523. The highest BCUT2D eigenvalue weighted by Gasteiger charge is 2.20. The predicted molar refractivity (Wildman–Crippen MR) is 78.7 cm³/mol. The van der Waals surface area contributed by atoms with Crippen LogP contribution in [-0.2, 0) is 12.8 Å². The lowest BCUT2D eigenvalue weighted by Crippen LogP contribution is -2.24. The molecule has 0 spiro atoms. The lowest BCUT2D eigenvalue weighted by atomic mass is 9.91. The van der Waals surface area contributed by atoms with Crippen LogP contribution in [0.5, 0.6) is 5.75 Å². The summed E-state index contributed by atoms with van der Waals surface area (Å²) >= 11 is 0. The lowest BCUT2D eigenvalue weighted by molar-refractivity contribution is 0.0397. The van der Waals surface area contributed by atoms with Crippen LogP contribution in [0, 0.1) is 0 Å². The van der Waals surface area contributed by atoms with Crippen molar-refractivity contribution in [2.45, 2.75) is 64.4 Å². The molecule has 106 valence electrons. The minimum atomic E-state index is -0.523. The van der Waals surface area contributed by atoms with Gasteiger partial charge in [0, 0.05) is 6.42 Å². The van der Waals surface area contributed by atoms with E-state index in [1.54, 1.807) is 0 Å². The molecule has 2 rings (SSSR count). The molecule has 1 unspecified atom stereocenters. The number of aliphatic hydroxyl groups is 1. The second kappa shape index (κ2) is 6.42. The minimum Gasteiger partial charge on any atom is -0.493 e. The summed E-state index contributed by atoms with van der Waals surface area (Å²) < 4.78 is 5.51. The van der Waals surface area contributed by atoms with Gasteiger partial charge in [-0.1, -0.05) is 38.3 Å². The van der Waals surface area contributed by atoms with Gasteiger partial charge in [-0.25, -0.2) is 0 Å². The van der Waals surface area contributed by atoms with Crippen LogP contribution in [0.4, 0.5) is 0 Å². The Morgan fingerprint density at radius 2 is 2.11 bits per heavy atom. The highest BCUT2D eigenvalue weighted by atomic mass is 16.5. The molecule has 1 aromatic rings. The molecule has 0 aliphatic carbocycles. The third-order valence-corrected chi connectivity index (χ3v) is 4.03. The topological polar surface area (TPSA) is 29.5 Å². The molecule has 0 amide bonds. The molecular formula is C17H26O2. The summed E-state index contributed by atoms with van der Waals surface area (Å²) in [5.74, 6) is 1.04. The molecule has 1 atom stereocenters. The van der Waals surface area contributed by atoms with Gasteiger partial charge in [0.25, 0.3) is 0 Å². The number of fused-ring (bicyclic) bond motifs is 1. The summed E-state index contributed by atoms with van der Waals surface area (Å²) in [5, 5.41) is 10.4. The van der Waals surface area contributed by atoms with Gasteiger partial charge >= 0.3 is 0 Å². The summed E-state index contributed by atoms with van der Waals surface area (Å²) in [5.41, 5.74) is 2.12. The van der Waals surface area contributed by atoms with Crippen molar-refractivity contribution < 1.29 is 9.84 Å². The maximum Gasteiger partial charge on any atom is 0.122 e. The fourth-order valence-corrected chi connectivity index (χ4v) is 2.69. The third kappa shape index (κ3) is 4.24. The van der Waals surface area contributed by atoms with Crippen LogP contribution in [0.25, 0.3) is 0 Å². The van der Waals surface area contributed by atoms with Crippen LogP contribution in [0.1, 0.15) is 57.1 Å². The number of unbranched alkanes of at least 4 members (excludes halogenated alkanes) is 2. The van der Waals surface area contributed by atoms with Crippen molar-refractivity contribution in [3.05, 3.63) is 29.3 Å². The molecule has 19 heavy (non-hydrogen) atoms. The van der Waals surface area contributed by atoms with E-state index in [0.717, 1.165) is 44.5 Å². The molecule has 2 heteroatoms. The zero-order valence-corrected chi connectivity index (χ0v) is 12.2. The van der Waals surface area contributed by atoms with Crippen molar-refractivity contribution in [2.75, 3.05) is 6.61 Å². The fourth-order valence-electron chi connectivity index (χ4n) is 2.69. The van der Waals surface area contributed by atoms with Gasteiger partial charge < -0.3 is 9.84 Å². The molecule has 1 heterocycles. The molecule has 0 saturated carbocycles. The number of ether oxygens (including phenoxy) is 1. The first-order valence-electron chi connectivity index (χ1n) is 7.58. The smallest absolute Gasteiger partial charge is 0.122 e. The van der Waals surface area contributed by atoms with E-state index in [9.17, 15) is 5.11 Å². The summed E-state index contributed by atoms with van der Waals surface area (Å²) in [6.07, 6.45) is 7.28. The van der Waals surface area contributed by atoms with Crippen LogP contribution in [-0.4, -0.2) is 17.3 Å². The maximum absolute atomic E-state index is 10.4. The highest BCUT2D eigenvalue weighted by Crippen LogP contribution is 2.27. The predicted octanol–water partition coefficient (Wildman–Crippen LogP) is 3.89. The molecule has 2 nitrogen and oxygen atoms in total. The molecule has 1 N–H and O–H groups in total. The van der Waals surface area contributed by atoms with Crippen molar-refractivity contribution in [3.63, 3.8) is 0 Å². The molecule has 1 aromatic carbocycles. The maximum atomic E-state index is 10.4. The molecule has 0 radical (unpaired) electrons. The number of benzene rings is 1. The largest absolute Gasteiger partial charge is 0.493 e. The third-order valence-electron chi connectivity index (χ3n) is 4.03. The van der Waals surface area contributed by atoms with Crippen molar-refractivity contribution >= 4 is 0 Å². The van der Waals surface area contributed by atoms with Crippen molar-refractivity contribution in [2.24, 2.45) is 0 Å². The van der Waals surface area contributed by atoms with Gasteiger partial charge in [-0.2, -0.15) is 0 Å². The second-order valence-corrected chi connectivity index (χ2v) is 5.99. The van der Waals surface area contributed by atoms with E-state index in [2.05, 4.69) is 25.1 Å². The molecule has 0 bridgehead atoms. The van der Waals surface area contributed by atoms with Crippen molar-refractivity contribution in [3.8, 4) is 5.75 Å². The van der Waals surface area contributed by atoms with Crippen LogP contribution in [0.2, 0.25) is 0 Å². The zero-order chi connectivity index (χ0) is 13.7. The number of rotatable bonds is 7. The van der Waals surface area contributed by atoms with Crippen LogP contribution in [0.15, 0.2) is 18.2 Å². The Morgan fingerprint density at radius 1 is 1.26 bits per heavy atom. The Labute approximate surface area is 116 Å². The average molecular weight is 262 g/mol. The Hall–Kier alpha value is -1.02. The van der Waals surface area contributed by atoms with Gasteiger partial charge in [0.2, 0.25) is 0 Å². The second-order valence-electron chi connectivity index (χ2n) is 5.99. The van der Waals surface area contributed by atoms with E-state index in [-0.39, 0.29) is 0 Å². The molecular weight excluding hydrogens is 236 g/mol. The van der Waals surface area contributed by atoms with Crippen molar-refractivity contribution in [1.82, 2.24) is 0 Å². The van der Waals surface area contributed by atoms with Gasteiger partial charge in [0.1, 0.15) is 5.75 Å². The van der Waals surface area contributed by atoms with E-state index < -0.39 is 5.60 Å². The van der Waals surface area contributed by atoms with Crippen LogP contribution >= 0.6 is 0 Å². The first-order valence-corrected chi connectivity index (χ1v) is 7.58. The van der Waals surface area contributed by atoms with Gasteiger partial charge in [0.15, 0.2) is 0 Å². The first-order chi connectivity index (χ1) is 9.11. The number of hydrogen-bond acceptors (Lipinski definition) is 2. The van der Waals surface area contributed by atoms with E-state index in [0.29, 0.717) is 0 Å². The molecule has 0 aromatic heterocycles. The Morgan fingerprint density at radius 3 is 2.89 bits per heavy atom. The van der Waals surface area contributed by atoms with Crippen LogP contribution in [0.3, 0.4) is 0 Å². The highest BCUT2D eigenvalue weighted by molar-refractivity contribution is 5.39. The lowest BCUT2D eigenvalue weighted by Gasteiger charge is -2.23. The van der Waals surface area contributed by atoms with E-state index in [1.165, 1.54) is 24.0 Å². The summed E-state index contributed by atoms with van der Waals surface area (Å²) in [7, 11) is 0. The first kappa shape index (κ1) is 14.4. The van der Waals surface area contributed by atoms with Gasteiger partial charge in [-0.3, -0.25) is 0 Å². The van der Waals surface area contributed by atoms with Gasteiger partial charge in [-0.05, 0) is 43.4 Å². The Bertz CT molecular complexity index is 410. The molecule has 0 saturated heterocycles. The van der Waals surface area contributed by atoms with E-state index >= 15 is 0 Å². The summed E-state index contributed by atoms with van der Waals surface area (Å²) in [6, 6.07) is 6.44. The standard InChI is InChI=1S/C17H26O2/c1-3-4-5-10-17(2,18)11-8-14-6-7-16-15(13-14)9-12-19-16/h6-7,13,18H,3-5,8-12H2,1-2H3. The van der Waals surface area contributed by atoms with Gasteiger partial charge in [-0.15, -0.1) is 0 Å². The quantitative estimate of drug-likeness (QED) is 0.755. The number of hydrogen-bond donors (Lipinski definition) is 1. The zero-order valence-electron chi connectivity index (χ0n) is 12.2. The van der Waals surface area contributed by atoms with E-state index in [1.807, 2.05) is 6.92 Å². The molecule has 0 fully saturated rings. The SMILES string of the molecule is CCCCCC(C)(O)CCc1ccc2c(c1)CCO2. The monoisotopic (exact) mass is 262 g/mol. The normalized spacial score (nSPS) is 16.8. The van der Waals surface area contributed by atoms with Crippen LogP contribution < -0.4 is 4.74 Å². The summed E-state index contributed by atoms with van der Waals surface area (Å²) in [4.78, 5) is 0. The number of aryl methyl sites for hydroxylation is 1. The van der Waals surface area contributed by atoms with Gasteiger partial charge in [0.05, 0.1) is 12.2 Å². The molecule has 1 aliphatic rings. The van der Waals surface area contributed by atoms with Crippen molar-refractivity contribution in [1.29, 1.82) is 0 Å². The van der Waals surface area contributed by atoms with E-state index in [4.69, 9.17) is 4.74 Å². The fraction of sp³-hybridized carbons (Fsp3) is 0.647.